The third kappa shape index (κ3) is 3.53. The van der Waals surface area contributed by atoms with Crippen LogP contribution >= 0.6 is 0 Å². The minimum Gasteiger partial charge on any atom is -0.508 e. The van der Waals surface area contributed by atoms with Gasteiger partial charge in [-0.25, -0.2) is 0 Å². The quantitative estimate of drug-likeness (QED) is 0.798. The first-order valence-corrected chi connectivity index (χ1v) is 6.09. The predicted octanol–water partition coefficient (Wildman–Crippen LogP) is 3.48. The van der Waals surface area contributed by atoms with Crippen LogP contribution in [0.15, 0.2) is 24.3 Å². The Morgan fingerprint density at radius 1 is 1.12 bits per heavy atom. The highest BCUT2D eigenvalue weighted by Gasteiger charge is 2.13. The Morgan fingerprint density at radius 3 is 2.19 bits per heavy atom. The molecule has 0 fully saturated rings. The smallest absolute Gasteiger partial charge is 0.115 e. The van der Waals surface area contributed by atoms with Gasteiger partial charge in [-0.05, 0) is 37.5 Å². The molecule has 2 nitrogen and oxygen atoms in total. The van der Waals surface area contributed by atoms with Gasteiger partial charge in [-0.2, -0.15) is 0 Å². The largest absolute Gasteiger partial charge is 0.508 e. The summed E-state index contributed by atoms with van der Waals surface area (Å²) in [6.45, 7) is 8.87. The van der Waals surface area contributed by atoms with Crippen molar-refractivity contribution in [3.05, 3.63) is 29.8 Å². The molecule has 90 valence electrons. The molecule has 0 aliphatic rings. The molecule has 1 aromatic carbocycles. The molecule has 1 aromatic rings. The summed E-state index contributed by atoms with van der Waals surface area (Å²) in [5.74, 6) is 1.01. The number of hydrogen-bond acceptors (Lipinski definition) is 2. The lowest BCUT2D eigenvalue weighted by atomic mass is 9.99. The molecule has 0 saturated heterocycles. The monoisotopic (exact) mass is 221 g/mol. The fraction of sp³-hybridized carbons (Fsp3) is 0.571. The highest BCUT2D eigenvalue weighted by Crippen LogP contribution is 2.18. The van der Waals surface area contributed by atoms with E-state index in [1.807, 2.05) is 12.1 Å². The normalized spacial score (nSPS) is 16.8. The van der Waals surface area contributed by atoms with E-state index in [4.69, 9.17) is 0 Å². The number of hydrogen-bond donors (Lipinski definition) is 2. The van der Waals surface area contributed by atoms with Crippen molar-refractivity contribution in [2.45, 2.75) is 46.2 Å². The van der Waals surface area contributed by atoms with Crippen LogP contribution in [-0.2, 0) is 0 Å². The zero-order valence-corrected chi connectivity index (χ0v) is 10.7. The van der Waals surface area contributed by atoms with Gasteiger partial charge in [-0.1, -0.05) is 32.4 Å². The first kappa shape index (κ1) is 13.0. The zero-order valence-electron chi connectivity index (χ0n) is 10.7. The summed E-state index contributed by atoms with van der Waals surface area (Å²) in [4.78, 5) is 0. The van der Waals surface area contributed by atoms with Crippen molar-refractivity contribution in [1.82, 2.24) is 5.32 Å². The van der Waals surface area contributed by atoms with Crippen LogP contribution in [0.25, 0.3) is 0 Å². The van der Waals surface area contributed by atoms with Crippen LogP contribution in [0.4, 0.5) is 0 Å². The van der Waals surface area contributed by atoms with Crippen LogP contribution in [0.1, 0.15) is 45.7 Å². The average Bonchev–Trinajstić information content (AvgIpc) is 2.28. The molecule has 16 heavy (non-hydrogen) atoms. The van der Waals surface area contributed by atoms with Crippen LogP contribution in [0, 0.1) is 5.92 Å². The van der Waals surface area contributed by atoms with Crippen LogP contribution in [0.3, 0.4) is 0 Å². The maximum absolute atomic E-state index is 9.23. The van der Waals surface area contributed by atoms with Gasteiger partial charge in [0.1, 0.15) is 5.75 Å². The van der Waals surface area contributed by atoms with E-state index in [9.17, 15) is 5.11 Å². The van der Waals surface area contributed by atoms with Gasteiger partial charge < -0.3 is 10.4 Å². The van der Waals surface area contributed by atoms with E-state index >= 15 is 0 Å². The van der Waals surface area contributed by atoms with Crippen molar-refractivity contribution < 1.29 is 5.11 Å². The molecule has 0 radical (unpaired) electrons. The number of nitrogens with one attached hydrogen (secondary N) is 1. The van der Waals surface area contributed by atoms with Crippen molar-refractivity contribution >= 4 is 0 Å². The highest BCUT2D eigenvalue weighted by molar-refractivity contribution is 5.27. The van der Waals surface area contributed by atoms with Gasteiger partial charge in [-0.15, -0.1) is 0 Å². The molecule has 0 saturated carbocycles. The molecule has 3 unspecified atom stereocenters. The second-order valence-electron chi connectivity index (χ2n) is 4.65. The Hall–Kier alpha value is -1.02. The van der Waals surface area contributed by atoms with Gasteiger partial charge in [0.2, 0.25) is 0 Å². The van der Waals surface area contributed by atoms with Gasteiger partial charge in [0.25, 0.3) is 0 Å². The molecule has 2 heteroatoms. The second-order valence-corrected chi connectivity index (χ2v) is 4.65. The van der Waals surface area contributed by atoms with Gasteiger partial charge in [0, 0.05) is 12.1 Å². The summed E-state index contributed by atoms with van der Waals surface area (Å²) in [5.41, 5.74) is 1.22. The third-order valence-electron chi connectivity index (χ3n) is 3.40. The van der Waals surface area contributed by atoms with Crippen LogP contribution < -0.4 is 5.32 Å². The van der Waals surface area contributed by atoms with E-state index in [0.29, 0.717) is 23.8 Å². The number of benzene rings is 1. The lowest BCUT2D eigenvalue weighted by Crippen LogP contribution is -2.33. The van der Waals surface area contributed by atoms with E-state index in [-0.39, 0.29) is 0 Å². The summed E-state index contributed by atoms with van der Waals surface area (Å²) in [7, 11) is 0. The van der Waals surface area contributed by atoms with Gasteiger partial charge in [-0.3, -0.25) is 0 Å². The summed E-state index contributed by atoms with van der Waals surface area (Å²) >= 11 is 0. The van der Waals surface area contributed by atoms with Crippen molar-refractivity contribution in [2.24, 2.45) is 5.92 Å². The first-order valence-electron chi connectivity index (χ1n) is 6.09. The molecule has 0 spiro atoms. The van der Waals surface area contributed by atoms with Crippen LogP contribution in [0.5, 0.6) is 5.75 Å². The molecule has 0 bridgehead atoms. The maximum Gasteiger partial charge on any atom is 0.115 e. The second kappa shape index (κ2) is 5.90. The minimum atomic E-state index is 0.324. The summed E-state index contributed by atoms with van der Waals surface area (Å²) in [6, 6.07) is 8.24. The highest BCUT2D eigenvalue weighted by atomic mass is 16.3. The number of phenols is 1. The molecular weight excluding hydrogens is 198 g/mol. The third-order valence-corrected chi connectivity index (χ3v) is 3.40. The summed E-state index contributed by atoms with van der Waals surface area (Å²) in [5, 5.41) is 12.8. The number of phenolic OH excluding ortho intramolecular Hbond substituents is 1. The fourth-order valence-corrected chi connectivity index (χ4v) is 1.77. The Bertz CT molecular complexity index is 307. The van der Waals surface area contributed by atoms with E-state index in [2.05, 4.69) is 33.0 Å². The Labute approximate surface area is 98.7 Å². The van der Waals surface area contributed by atoms with E-state index in [0.717, 1.165) is 0 Å². The van der Waals surface area contributed by atoms with Crippen LogP contribution in [0.2, 0.25) is 0 Å². The Kier molecular flexibility index (Phi) is 4.81. The Morgan fingerprint density at radius 2 is 1.69 bits per heavy atom. The number of aromatic hydroxyl groups is 1. The predicted molar refractivity (Wildman–Crippen MR) is 68.6 cm³/mol. The molecule has 3 atom stereocenters. The standard InChI is InChI=1S/C14H23NO/c1-5-10(2)11(3)15-12(4)13-6-8-14(16)9-7-13/h6-12,15-16H,5H2,1-4H3. The fourth-order valence-electron chi connectivity index (χ4n) is 1.77. The first-order chi connectivity index (χ1) is 7.54. The van der Waals surface area contributed by atoms with Gasteiger partial charge >= 0.3 is 0 Å². The molecule has 0 aliphatic carbocycles. The lowest BCUT2D eigenvalue weighted by Gasteiger charge is -2.24. The van der Waals surface area contributed by atoms with Gasteiger partial charge in [0.05, 0.1) is 0 Å². The molecule has 0 heterocycles. The molecule has 0 aromatic heterocycles. The lowest BCUT2D eigenvalue weighted by molar-refractivity contribution is 0.360. The molecule has 0 amide bonds. The van der Waals surface area contributed by atoms with E-state index < -0.39 is 0 Å². The average molecular weight is 221 g/mol. The molecule has 2 N–H and O–H groups in total. The number of rotatable bonds is 5. The van der Waals surface area contributed by atoms with E-state index in [1.54, 1.807) is 12.1 Å². The van der Waals surface area contributed by atoms with Crippen molar-refractivity contribution in [1.29, 1.82) is 0 Å². The SMILES string of the molecule is CCC(C)C(C)NC(C)c1ccc(O)cc1. The van der Waals surface area contributed by atoms with Crippen molar-refractivity contribution in [3.8, 4) is 5.75 Å². The van der Waals surface area contributed by atoms with Gasteiger partial charge in [0.15, 0.2) is 0 Å². The van der Waals surface area contributed by atoms with Crippen LogP contribution in [-0.4, -0.2) is 11.1 Å². The molecular formula is C14H23NO. The summed E-state index contributed by atoms with van der Waals surface area (Å²) < 4.78 is 0. The van der Waals surface area contributed by atoms with E-state index in [1.165, 1.54) is 12.0 Å². The topological polar surface area (TPSA) is 32.3 Å². The minimum absolute atomic E-state index is 0.324. The zero-order chi connectivity index (χ0) is 12.1. The maximum atomic E-state index is 9.23. The Balaban J connectivity index is 2.58. The molecule has 0 aliphatic heterocycles. The van der Waals surface area contributed by atoms with Crippen molar-refractivity contribution in [3.63, 3.8) is 0 Å². The molecule has 1 rings (SSSR count). The van der Waals surface area contributed by atoms with Crippen molar-refractivity contribution in [2.75, 3.05) is 0 Å². The summed E-state index contributed by atoms with van der Waals surface area (Å²) in [6.07, 6.45) is 1.19.